The van der Waals surface area contributed by atoms with Crippen molar-refractivity contribution >= 4 is 119 Å². The van der Waals surface area contributed by atoms with Gasteiger partial charge in [-0.05, 0) is 159 Å². The summed E-state index contributed by atoms with van der Waals surface area (Å²) in [5, 5.41) is 13.7. The Balaban J connectivity index is 0.000000126. The second-order valence-electron chi connectivity index (χ2n) is 29.7. The van der Waals surface area contributed by atoms with Crippen LogP contribution in [0.2, 0.25) is 0 Å². The lowest BCUT2D eigenvalue weighted by Crippen LogP contribution is -2.25. The van der Waals surface area contributed by atoms with Crippen molar-refractivity contribution in [3.8, 4) is 78.9 Å². The van der Waals surface area contributed by atoms with Crippen molar-refractivity contribution in [2.24, 2.45) is 0 Å². The number of fused-ring (bicyclic) bond motifs is 34. The van der Waals surface area contributed by atoms with Gasteiger partial charge in [0.15, 0.2) is 0 Å². The summed E-state index contributed by atoms with van der Waals surface area (Å²) in [5.41, 5.74) is 29.4. The number of hydrogen-bond donors (Lipinski definition) is 0. The third-order valence-electron chi connectivity index (χ3n) is 24.5. The fourth-order valence-corrected chi connectivity index (χ4v) is 21.3. The van der Waals surface area contributed by atoms with Crippen LogP contribution in [0.5, 0.6) is 0 Å². The Morgan fingerprint density at radius 3 is 1.10 bits per heavy atom. The van der Waals surface area contributed by atoms with Crippen LogP contribution in [0, 0.1) is 0 Å². The molecule has 26 rings (SSSR count). The lowest BCUT2D eigenvalue weighted by molar-refractivity contribution is 0.651. The van der Waals surface area contributed by atoms with Crippen LogP contribution in [0.15, 0.2) is 356 Å². The second kappa shape index (κ2) is 22.2. The summed E-state index contributed by atoms with van der Waals surface area (Å²) < 4.78 is 12.4. The topological polar surface area (TPSA) is 74.6 Å². The van der Waals surface area contributed by atoms with Crippen molar-refractivity contribution in [2.45, 2.75) is 10.8 Å². The third kappa shape index (κ3) is 7.80. The molecule has 8 heteroatoms. The first-order valence-electron chi connectivity index (χ1n) is 37.7. The van der Waals surface area contributed by atoms with Crippen molar-refractivity contribution in [3.05, 3.63) is 396 Å². The monoisotopic (exact) mass is 1410 g/mol. The van der Waals surface area contributed by atoms with Crippen molar-refractivity contribution in [1.29, 1.82) is 0 Å². The molecule has 16 aromatic carbocycles. The maximum absolute atomic E-state index is 6.66. The summed E-state index contributed by atoms with van der Waals surface area (Å²) in [5.74, 6) is 1.27. The lowest BCUT2D eigenvalue weighted by Gasteiger charge is -2.30. The molecule has 0 saturated carbocycles. The Morgan fingerprint density at radius 1 is 0.255 bits per heavy atom. The van der Waals surface area contributed by atoms with E-state index in [1.807, 2.05) is 12.1 Å². The zero-order valence-electron chi connectivity index (χ0n) is 59.0. The molecule has 0 aliphatic heterocycles. The van der Waals surface area contributed by atoms with Gasteiger partial charge < -0.3 is 4.42 Å². The van der Waals surface area contributed by atoms with E-state index in [2.05, 4.69) is 349 Å². The van der Waals surface area contributed by atoms with Crippen LogP contribution in [-0.2, 0) is 10.8 Å². The molecule has 4 aliphatic carbocycles. The summed E-state index contributed by atoms with van der Waals surface area (Å²) in [7, 11) is 0. The van der Waals surface area contributed by atoms with Gasteiger partial charge in [0.2, 0.25) is 17.6 Å². The first-order valence-corrected chi connectivity index (χ1v) is 38.5. The van der Waals surface area contributed by atoms with Crippen molar-refractivity contribution in [3.63, 3.8) is 0 Å². The predicted octanol–water partition coefficient (Wildman–Crippen LogP) is 25.7. The minimum Gasteiger partial charge on any atom is -0.437 e. The normalized spacial score (nSPS) is 13.6. The highest BCUT2D eigenvalue weighted by molar-refractivity contribution is 7.25. The maximum Gasteiger partial charge on any atom is 0.238 e. The van der Waals surface area contributed by atoms with Gasteiger partial charge in [0.25, 0.3) is 0 Å². The molecule has 6 heterocycles. The minimum absolute atomic E-state index is 0.436. The van der Waals surface area contributed by atoms with Gasteiger partial charge in [0, 0.05) is 53.5 Å². The Hall–Kier alpha value is -14.2. The van der Waals surface area contributed by atoms with E-state index in [0.717, 1.165) is 76.5 Å². The molecule has 0 atom stereocenters. The number of aromatic nitrogens is 6. The highest BCUT2D eigenvalue weighted by Gasteiger charge is 2.54. The van der Waals surface area contributed by atoms with E-state index in [-0.39, 0.29) is 0 Å². The molecule has 22 aromatic rings. The van der Waals surface area contributed by atoms with Gasteiger partial charge in [-0.1, -0.05) is 303 Å². The quantitative estimate of drug-likeness (QED) is 0.176. The van der Waals surface area contributed by atoms with E-state index in [0.29, 0.717) is 17.6 Å². The van der Waals surface area contributed by atoms with E-state index in [4.69, 9.17) is 24.4 Å². The van der Waals surface area contributed by atoms with Crippen molar-refractivity contribution in [1.82, 2.24) is 29.1 Å². The maximum atomic E-state index is 6.66. The van der Waals surface area contributed by atoms with Gasteiger partial charge in [-0.2, -0.15) is 4.98 Å². The van der Waals surface area contributed by atoms with E-state index >= 15 is 0 Å². The van der Waals surface area contributed by atoms with Gasteiger partial charge in [-0.25, -0.2) is 15.0 Å². The minimum atomic E-state index is -0.462. The summed E-state index contributed by atoms with van der Waals surface area (Å²) in [6.45, 7) is 0. The van der Waals surface area contributed by atoms with Gasteiger partial charge in [-0.3, -0.25) is 9.13 Å². The number of benzene rings is 16. The molecule has 2 spiro atoms. The van der Waals surface area contributed by atoms with Gasteiger partial charge in [0.1, 0.15) is 10.4 Å². The average molecular weight is 1420 g/mol. The van der Waals surface area contributed by atoms with E-state index in [1.54, 1.807) is 11.3 Å². The predicted molar refractivity (Wildman–Crippen MR) is 451 cm³/mol. The number of furan rings is 1. The highest BCUT2D eigenvalue weighted by Crippen LogP contribution is 2.66. The molecule has 0 saturated heterocycles. The molecular weight excluding hydrogens is 1360 g/mol. The van der Waals surface area contributed by atoms with E-state index in [1.165, 1.54) is 137 Å². The molecule has 4 aliphatic rings. The van der Waals surface area contributed by atoms with Crippen molar-refractivity contribution < 1.29 is 4.42 Å². The van der Waals surface area contributed by atoms with Crippen LogP contribution >= 0.6 is 11.3 Å². The first kappa shape index (κ1) is 60.0. The zero-order valence-corrected chi connectivity index (χ0v) is 59.8. The van der Waals surface area contributed by atoms with Crippen molar-refractivity contribution in [2.75, 3.05) is 0 Å². The molecule has 0 amide bonds. The third-order valence-corrected chi connectivity index (χ3v) is 25.6. The molecule has 508 valence electrons. The Labute approximate surface area is 634 Å². The largest absolute Gasteiger partial charge is 0.437 e. The summed E-state index contributed by atoms with van der Waals surface area (Å²) in [6.07, 6.45) is 0. The fraction of sp³-hybridized carbons (Fsp3) is 0.0196. The standard InChI is InChI=1S/C51H29N3O.C51H29N3S/c2*1-2-15-31-29-44-38(28-30(31)14-1)34-18-6-11-26-43(34)54(44)50-52-48(47-36-20-7-12-27-45(36)55-49(47)53-50)37-21-13-25-42-46(37)35-19-5-10-24-41(35)51(42)39-22-8-3-16-32(39)33-17-4-9-23-40(33)51/h2*1-29H. The van der Waals surface area contributed by atoms with Crippen LogP contribution in [0.25, 0.3) is 186 Å². The molecule has 110 heavy (non-hydrogen) atoms. The second-order valence-corrected chi connectivity index (χ2v) is 30.7. The van der Waals surface area contributed by atoms with Gasteiger partial charge in [-0.15, -0.1) is 11.3 Å². The Morgan fingerprint density at radius 2 is 0.609 bits per heavy atom. The SMILES string of the molecule is c1ccc2c(c1)-c1ccccc1C21c2ccccc2-c2c(-c3nc(-n4c5ccccc5c5cc6ccccc6cc54)nc4oc5ccccc5c34)cccc21.c1ccc2c(c1)-c1ccccc1C21c2ccccc2-c2c(-c3nc(-n4c5ccccc5c5cc6ccccc6cc54)nc4sc5ccccc5c34)cccc21. The van der Waals surface area contributed by atoms with E-state index in [9.17, 15) is 0 Å². The van der Waals surface area contributed by atoms with Crippen LogP contribution < -0.4 is 0 Å². The molecule has 0 fully saturated rings. The average Bonchev–Trinajstić information content (AvgIpc) is 1.51. The molecule has 0 bridgehead atoms. The molecule has 7 nitrogen and oxygen atoms in total. The number of para-hydroxylation sites is 3. The number of thiophene rings is 1. The van der Waals surface area contributed by atoms with Crippen LogP contribution in [-0.4, -0.2) is 29.1 Å². The first-order chi connectivity index (χ1) is 54.6. The number of rotatable bonds is 4. The van der Waals surface area contributed by atoms with E-state index < -0.39 is 10.8 Å². The number of nitrogens with zero attached hydrogens (tertiary/aromatic N) is 6. The zero-order chi connectivity index (χ0) is 71.7. The summed E-state index contributed by atoms with van der Waals surface area (Å²) in [4.78, 5) is 23.1. The van der Waals surface area contributed by atoms with Crippen LogP contribution in [0.3, 0.4) is 0 Å². The van der Waals surface area contributed by atoms with Gasteiger partial charge >= 0.3 is 0 Å². The molecule has 0 unspecified atom stereocenters. The molecule has 6 aromatic heterocycles. The highest BCUT2D eigenvalue weighted by atomic mass is 32.1. The fourth-order valence-electron chi connectivity index (χ4n) is 20.2. The summed E-state index contributed by atoms with van der Waals surface area (Å²) in [6, 6.07) is 128. The molecular formula is C102H58N6OS. The molecule has 0 radical (unpaired) electrons. The molecule has 0 N–H and O–H groups in total. The summed E-state index contributed by atoms with van der Waals surface area (Å²) >= 11 is 1.75. The van der Waals surface area contributed by atoms with Gasteiger partial charge in [0.05, 0.1) is 49.7 Å². The Bertz CT molecular complexity index is 7290. The number of hydrogen-bond acceptors (Lipinski definition) is 6. The lowest BCUT2D eigenvalue weighted by atomic mass is 9.70. The Kier molecular flexibility index (Phi) is 12.1. The van der Waals surface area contributed by atoms with Crippen LogP contribution in [0.4, 0.5) is 0 Å². The smallest absolute Gasteiger partial charge is 0.238 e. The van der Waals surface area contributed by atoms with Crippen LogP contribution in [0.1, 0.15) is 44.5 Å².